The molecule has 29 heavy (non-hydrogen) atoms. The highest BCUT2D eigenvalue weighted by Gasteiger charge is 2.26. The minimum atomic E-state index is -0.111. The lowest BCUT2D eigenvalue weighted by molar-refractivity contribution is -0.116. The molecule has 3 heteroatoms. The summed E-state index contributed by atoms with van der Waals surface area (Å²) in [4.78, 5) is 16.2. The van der Waals surface area contributed by atoms with E-state index in [9.17, 15) is 4.79 Å². The molecule has 0 atom stereocenters. The normalized spacial score (nSPS) is 18.0. The van der Waals surface area contributed by atoms with Gasteiger partial charge in [-0.3, -0.25) is 9.78 Å². The van der Waals surface area contributed by atoms with Gasteiger partial charge in [-0.15, -0.1) is 0 Å². The molecular weight excluding hydrogens is 356 g/mol. The van der Waals surface area contributed by atoms with Gasteiger partial charge in [0.15, 0.2) is 0 Å². The predicted molar refractivity (Wildman–Crippen MR) is 122 cm³/mol. The molecule has 0 spiro atoms. The maximum absolute atomic E-state index is 12.0. The summed E-state index contributed by atoms with van der Waals surface area (Å²) in [5.41, 5.74) is 6.19. The maximum atomic E-state index is 12.0. The Morgan fingerprint density at radius 1 is 1.21 bits per heavy atom. The zero-order chi connectivity index (χ0) is 21.3. The van der Waals surface area contributed by atoms with Crippen molar-refractivity contribution in [2.45, 2.75) is 60.4 Å². The number of hydrogen-bond donors (Lipinski definition) is 1. The standard InChI is InChI=1S/C26H34N2O/c1-20(14-15-24-22(3)12-9-16-26(24,4)5)10-8-11-21(2)18-25(29)28-19-23-13-6-7-17-27-23/h6-8,10-11,13-15,17-18H,9,12,16,19H2,1-5H3,(H,28,29)/b11-8+,15-14+,20-10+,21-18+. The molecule has 0 radical (unpaired) electrons. The Labute approximate surface area is 176 Å². The second-order valence-corrected chi connectivity index (χ2v) is 8.46. The lowest BCUT2D eigenvalue weighted by atomic mass is 9.72. The van der Waals surface area contributed by atoms with Gasteiger partial charge < -0.3 is 5.32 Å². The molecule has 0 aliphatic heterocycles. The van der Waals surface area contributed by atoms with E-state index in [2.05, 4.69) is 56.2 Å². The quantitative estimate of drug-likeness (QED) is 0.443. The Morgan fingerprint density at radius 3 is 2.69 bits per heavy atom. The van der Waals surface area contributed by atoms with Crippen molar-refractivity contribution in [3.63, 3.8) is 0 Å². The van der Waals surface area contributed by atoms with Crippen LogP contribution in [0.5, 0.6) is 0 Å². The van der Waals surface area contributed by atoms with Gasteiger partial charge in [-0.05, 0) is 68.7 Å². The predicted octanol–water partition coefficient (Wildman–Crippen LogP) is 6.23. The van der Waals surface area contributed by atoms with Crippen LogP contribution >= 0.6 is 0 Å². The smallest absolute Gasteiger partial charge is 0.244 e. The Balaban J connectivity index is 1.90. The van der Waals surface area contributed by atoms with E-state index in [1.54, 1.807) is 12.3 Å². The third-order valence-corrected chi connectivity index (χ3v) is 5.30. The Hall–Kier alpha value is -2.68. The van der Waals surface area contributed by atoms with Gasteiger partial charge in [0.05, 0.1) is 12.2 Å². The van der Waals surface area contributed by atoms with E-state index in [1.807, 2.05) is 37.3 Å². The molecule has 1 amide bonds. The van der Waals surface area contributed by atoms with Crippen molar-refractivity contribution in [2.24, 2.45) is 5.41 Å². The van der Waals surface area contributed by atoms with Gasteiger partial charge in [0, 0.05) is 12.3 Å². The van der Waals surface area contributed by atoms with Crippen molar-refractivity contribution in [2.75, 3.05) is 0 Å². The van der Waals surface area contributed by atoms with Crippen LogP contribution in [0.4, 0.5) is 0 Å². The fourth-order valence-electron chi connectivity index (χ4n) is 3.62. The molecule has 0 saturated carbocycles. The molecule has 0 aromatic carbocycles. The van der Waals surface area contributed by atoms with Crippen molar-refractivity contribution in [1.82, 2.24) is 10.3 Å². The van der Waals surface area contributed by atoms with Crippen LogP contribution in [0.3, 0.4) is 0 Å². The molecule has 154 valence electrons. The number of carbonyl (C=O) groups is 1. The molecule has 2 rings (SSSR count). The average molecular weight is 391 g/mol. The first kappa shape index (κ1) is 22.6. The van der Waals surface area contributed by atoms with Gasteiger partial charge in [-0.2, -0.15) is 0 Å². The van der Waals surface area contributed by atoms with Crippen LogP contribution in [0.2, 0.25) is 0 Å². The van der Waals surface area contributed by atoms with Crippen molar-refractivity contribution >= 4 is 5.91 Å². The fourth-order valence-corrected chi connectivity index (χ4v) is 3.62. The number of aromatic nitrogens is 1. The van der Waals surface area contributed by atoms with Crippen LogP contribution in [0.25, 0.3) is 0 Å². The van der Waals surface area contributed by atoms with Crippen molar-refractivity contribution in [1.29, 1.82) is 0 Å². The molecule has 0 unspecified atom stereocenters. The number of allylic oxidation sites excluding steroid dienone is 9. The van der Waals surface area contributed by atoms with E-state index in [0.717, 1.165) is 11.3 Å². The van der Waals surface area contributed by atoms with E-state index in [1.165, 1.54) is 36.0 Å². The van der Waals surface area contributed by atoms with Crippen molar-refractivity contribution < 1.29 is 4.79 Å². The number of pyridine rings is 1. The highest BCUT2D eigenvalue weighted by molar-refractivity contribution is 5.88. The van der Waals surface area contributed by atoms with E-state index < -0.39 is 0 Å². The van der Waals surface area contributed by atoms with E-state index >= 15 is 0 Å². The van der Waals surface area contributed by atoms with Gasteiger partial charge in [0.2, 0.25) is 5.91 Å². The zero-order valence-electron chi connectivity index (χ0n) is 18.5. The summed E-state index contributed by atoms with van der Waals surface area (Å²) in [5, 5.41) is 2.85. The largest absolute Gasteiger partial charge is 0.347 e. The van der Waals surface area contributed by atoms with Crippen molar-refractivity contribution in [3.05, 3.63) is 88.8 Å². The summed E-state index contributed by atoms with van der Waals surface area (Å²) in [6.07, 6.45) is 17.6. The molecule has 1 aromatic heterocycles. The summed E-state index contributed by atoms with van der Waals surface area (Å²) in [6.45, 7) is 11.4. The van der Waals surface area contributed by atoms with Crippen LogP contribution in [0.1, 0.15) is 59.6 Å². The number of nitrogens with zero attached hydrogens (tertiary/aromatic N) is 1. The van der Waals surface area contributed by atoms with E-state index in [4.69, 9.17) is 0 Å². The summed E-state index contributed by atoms with van der Waals surface area (Å²) in [6, 6.07) is 5.66. The van der Waals surface area contributed by atoms with Crippen molar-refractivity contribution in [3.8, 4) is 0 Å². The lowest BCUT2D eigenvalue weighted by Crippen LogP contribution is -2.21. The molecule has 0 bridgehead atoms. The monoisotopic (exact) mass is 390 g/mol. The topological polar surface area (TPSA) is 42.0 Å². The van der Waals surface area contributed by atoms with Crippen LogP contribution in [-0.2, 0) is 11.3 Å². The molecule has 0 fully saturated rings. The Kier molecular flexibility index (Phi) is 8.38. The van der Waals surface area contributed by atoms with E-state index in [-0.39, 0.29) is 11.3 Å². The SMILES string of the molecule is CC1=C(/C=C/C(C)=C/C=C/C(C)=C/C(=O)NCc2ccccn2)C(C)(C)CCC1. The average Bonchev–Trinajstić information content (AvgIpc) is 2.66. The van der Waals surface area contributed by atoms with Gasteiger partial charge in [-0.1, -0.05) is 61.4 Å². The van der Waals surface area contributed by atoms with Gasteiger partial charge in [0.1, 0.15) is 0 Å². The summed E-state index contributed by atoms with van der Waals surface area (Å²) in [7, 11) is 0. The molecule has 1 aliphatic rings. The third kappa shape index (κ3) is 7.69. The van der Waals surface area contributed by atoms with Gasteiger partial charge >= 0.3 is 0 Å². The number of nitrogens with one attached hydrogen (secondary N) is 1. The number of carbonyl (C=O) groups excluding carboxylic acids is 1. The minimum absolute atomic E-state index is 0.111. The molecular formula is C26H34N2O. The fraction of sp³-hybridized carbons (Fsp3) is 0.385. The van der Waals surface area contributed by atoms with Gasteiger partial charge in [0.25, 0.3) is 0 Å². The molecule has 3 nitrogen and oxygen atoms in total. The van der Waals surface area contributed by atoms with Gasteiger partial charge in [-0.25, -0.2) is 0 Å². The maximum Gasteiger partial charge on any atom is 0.244 e. The van der Waals surface area contributed by atoms with Crippen LogP contribution in [0.15, 0.2) is 83.1 Å². The highest BCUT2D eigenvalue weighted by Crippen LogP contribution is 2.40. The second kappa shape index (κ2) is 10.8. The minimum Gasteiger partial charge on any atom is -0.347 e. The van der Waals surface area contributed by atoms with Crippen LogP contribution in [0, 0.1) is 5.41 Å². The first-order valence-electron chi connectivity index (χ1n) is 10.4. The Morgan fingerprint density at radius 2 is 2.00 bits per heavy atom. The van der Waals surface area contributed by atoms with Crippen LogP contribution in [-0.4, -0.2) is 10.9 Å². The summed E-state index contributed by atoms with van der Waals surface area (Å²) < 4.78 is 0. The lowest BCUT2D eigenvalue weighted by Gasteiger charge is -2.32. The number of amides is 1. The molecule has 1 aliphatic carbocycles. The number of hydrogen-bond acceptors (Lipinski definition) is 2. The first-order valence-corrected chi connectivity index (χ1v) is 10.4. The molecule has 1 aromatic rings. The first-order chi connectivity index (χ1) is 13.8. The zero-order valence-corrected chi connectivity index (χ0v) is 18.5. The van der Waals surface area contributed by atoms with Crippen LogP contribution < -0.4 is 5.32 Å². The molecule has 1 N–H and O–H groups in total. The Bertz CT molecular complexity index is 852. The number of rotatable bonds is 7. The summed E-state index contributed by atoms with van der Waals surface area (Å²) >= 11 is 0. The summed E-state index contributed by atoms with van der Waals surface area (Å²) in [5.74, 6) is -0.111. The molecule has 1 heterocycles. The van der Waals surface area contributed by atoms with E-state index in [0.29, 0.717) is 6.54 Å². The second-order valence-electron chi connectivity index (χ2n) is 8.46. The third-order valence-electron chi connectivity index (χ3n) is 5.30. The molecule has 0 saturated heterocycles. The highest BCUT2D eigenvalue weighted by atomic mass is 16.1.